The molecule has 0 aliphatic carbocycles. The SMILES string of the molecule is CNC(=O)c1nc[nH]c1CNc1ccc(NC(=O)c2ccon2)cc1. The highest BCUT2D eigenvalue weighted by atomic mass is 16.5. The minimum absolute atomic E-state index is 0.211. The third kappa shape index (κ3) is 3.83. The number of aromatic amines is 1. The van der Waals surface area contributed by atoms with Crippen LogP contribution in [0.25, 0.3) is 0 Å². The number of amides is 2. The molecule has 0 fully saturated rings. The average molecular weight is 340 g/mol. The molecule has 0 saturated heterocycles. The number of imidazole rings is 1. The predicted octanol–water partition coefficient (Wildman–Crippen LogP) is 1.62. The Bertz CT molecular complexity index is 854. The smallest absolute Gasteiger partial charge is 0.277 e. The van der Waals surface area contributed by atoms with Crippen LogP contribution in [-0.2, 0) is 6.54 Å². The molecule has 0 radical (unpaired) electrons. The van der Waals surface area contributed by atoms with Crippen LogP contribution >= 0.6 is 0 Å². The fraction of sp³-hybridized carbons (Fsp3) is 0.125. The molecule has 0 aliphatic rings. The Morgan fingerprint density at radius 3 is 2.56 bits per heavy atom. The van der Waals surface area contributed by atoms with Gasteiger partial charge in [0.15, 0.2) is 11.4 Å². The maximum atomic E-state index is 11.9. The summed E-state index contributed by atoms with van der Waals surface area (Å²) in [6.07, 6.45) is 2.81. The van der Waals surface area contributed by atoms with E-state index in [0.29, 0.717) is 23.6 Å². The van der Waals surface area contributed by atoms with E-state index < -0.39 is 0 Å². The van der Waals surface area contributed by atoms with E-state index in [-0.39, 0.29) is 17.5 Å². The largest absolute Gasteiger partial charge is 0.379 e. The summed E-state index contributed by atoms with van der Waals surface area (Å²) in [5.74, 6) is -0.592. The Kier molecular flexibility index (Phi) is 4.74. The number of nitrogens with zero attached hydrogens (tertiary/aromatic N) is 2. The number of aromatic nitrogens is 3. The molecule has 3 aromatic rings. The second-order valence-electron chi connectivity index (χ2n) is 5.08. The van der Waals surface area contributed by atoms with Crippen molar-refractivity contribution >= 4 is 23.2 Å². The third-order valence-electron chi connectivity index (χ3n) is 3.44. The third-order valence-corrected chi connectivity index (χ3v) is 3.44. The second-order valence-corrected chi connectivity index (χ2v) is 5.08. The van der Waals surface area contributed by atoms with E-state index in [9.17, 15) is 9.59 Å². The fourth-order valence-electron chi connectivity index (χ4n) is 2.16. The minimum Gasteiger partial charge on any atom is -0.379 e. The normalized spacial score (nSPS) is 10.3. The van der Waals surface area contributed by atoms with Crippen molar-refractivity contribution in [1.29, 1.82) is 0 Å². The molecule has 128 valence electrons. The van der Waals surface area contributed by atoms with Crippen molar-refractivity contribution in [3.8, 4) is 0 Å². The Balaban J connectivity index is 1.59. The number of benzene rings is 1. The van der Waals surface area contributed by atoms with Crippen LogP contribution in [0.5, 0.6) is 0 Å². The number of H-pyrrole nitrogens is 1. The molecular formula is C16H16N6O3. The number of hydrogen-bond donors (Lipinski definition) is 4. The van der Waals surface area contributed by atoms with Gasteiger partial charge in [-0.05, 0) is 24.3 Å². The summed E-state index contributed by atoms with van der Waals surface area (Å²) in [6.45, 7) is 0.410. The molecule has 25 heavy (non-hydrogen) atoms. The maximum Gasteiger partial charge on any atom is 0.277 e. The number of rotatable bonds is 6. The quantitative estimate of drug-likeness (QED) is 0.540. The fourth-order valence-corrected chi connectivity index (χ4v) is 2.16. The number of anilines is 2. The van der Waals surface area contributed by atoms with Crippen LogP contribution in [0.2, 0.25) is 0 Å². The van der Waals surface area contributed by atoms with Gasteiger partial charge in [0.05, 0.1) is 18.6 Å². The van der Waals surface area contributed by atoms with Crippen LogP contribution in [0, 0.1) is 0 Å². The van der Waals surface area contributed by atoms with Gasteiger partial charge in [0.2, 0.25) is 0 Å². The number of carbonyl (C=O) groups is 2. The summed E-state index contributed by atoms with van der Waals surface area (Å²) >= 11 is 0. The molecule has 0 spiro atoms. The van der Waals surface area contributed by atoms with Crippen molar-refractivity contribution < 1.29 is 14.1 Å². The lowest BCUT2D eigenvalue weighted by atomic mass is 10.2. The number of carbonyl (C=O) groups excluding carboxylic acids is 2. The molecule has 1 aromatic carbocycles. The van der Waals surface area contributed by atoms with Gasteiger partial charge in [-0.25, -0.2) is 4.98 Å². The van der Waals surface area contributed by atoms with Gasteiger partial charge in [-0.2, -0.15) is 0 Å². The summed E-state index contributed by atoms with van der Waals surface area (Å²) in [7, 11) is 1.56. The monoisotopic (exact) mass is 340 g/mol. The second kappa shape index (κ2) is 7.30. The van der Waals surface area contributed by atoms with Crippen LogP contribution in [0.15, 0.2) is 47.4 Å². The van der Waals surface area contributed by atoms with Gasteiger partial charge in [0.1, 0.15) is 6.26 Å². The molecule has 0 atom stereocenters. The Morgan fingerprint density at radius 1 is 1.12 bits per heavy atom. The average Bonchev–Trinajstić information content (AvgIpc) is 3.32. The van der Waals surface area contributed by atoms with E-state index in [4.69, 9.17) is 0 Å². The minimum atomic E-state index is -0.345. The molecule has 9 nitrogen and oxygen atoms in total. The lowest BCUT2D eigenvalue weighted by Gasteiger charge is -2.08. The molecule has 9 heteroatoms. The van der Waals surface area contributed by atoms with Crippen molar-refractivity contribution in [2.45, 2.75) is 6.54 Å². The first-order valence-electron chi connectivity index (χ1n) is 7.47. The van der Waals surface area contributed by atoms with Gasteiger partial charge in [0.25, 0.3) is 11.8 Å². The highest BCUT2D eigenvalue weighted by Gasteiger charge is 2.12. The summed E-state index contributed by atoms with van der Waals surface area (Å²) in [5, 5.41) is 12.0. The molecule has 2 aromatic heterocycles. The van der Waals surface area contributed by atoms with Crippen molar-refractivity contribution in [2.24, 2.45) is 0 Å². The first-order chi connectivity index (χ1) is 12.2. The Labute approximate surface area is 142 Å². The van der Waals surface area contributed by atoms with Gasteiger partial charge in [-0.3, -0.25) is 9.59 Å². The zero-order chi connectivity index (χ0) is 17.6. The van der Waals surface area contributed by atoms with Gasteiger partial charge in [0, 0.05) is 24.5 Å². The van der Waals surface area contributed by atoms with Gasteiger partial charge >= 0.3 is 0 Å². The topological polar surface area (TPSA) is 125 Å². The Morgan fingerprint density at radius 2 is 1.88 bits per heavy atom. The lowest BCUT2D eigenvalue weighted by molar-refractivity contribution is 0.0956. The first kappa shape index (κ1) is 16.2. The Hall–Kier alpha value is -3.62. The van der Waals surface area contributed by atoms with E-state index in [1.807, 2.05) is 12.1 Å². The van der Waals surface area contributed by atoms with E-state index in [1.54, 1.807) is 19.2 Å². The van der Waals surface area contributed by atoms with Crippen molar-refractivity contribution in [3.63, 3.8) is 0 Å². The molecule has 0 aliphatic heterocycles. The molecule has 2 heterocycles. The van der Waals surface area contributed by atoms with E-state index >= 15 is 0 Å². The van der Waals surface area contributed by atoms with Gasteiger partial charge < -0.3 is 25.5 Å². The summed E-state index contributed by atoms with van der Waals surface area (Å²) in [6, 6.07) is 8.63. The van der Waals surface area contributed by atoms with Crippen molar-refractivity contribution in [1.82, 2.24) is 20.4 Å². The van der Waals surface area contributed by atoms with Crippen LogP contribution in [-0.4, -0.2) is 34.0 Å². The van der Waals surface area contributed by atoms with E-state index in [2.05, 4.69) is 35.6 Å². The van der Waals surface area contributed by atoms with Gasteiger partial charge in [-0.1, -0.05) is 5.16 Å². The zero-order valence-corrected chi connectivity index (χ0v) is 13.4. The van der Waals surface area contributed by atoms with Crippen LogP contribution in [0.3, 0.4) is 0 Å². The van der Waals surface area contributed by atoms with Crippen LogP contribution in [0.1, 0.15) is 26.7 Å². The van der Waals surface area contributed by atoms with Crippen LogP contribution < -0.4 is 16.0 Å². The molecule has 4 N–H and O–H groups in total. The highest BCUT2D eigenvalue weighted by Crippen LogP contribution is 2.15. The van der Waals surface area contributed by atoms with E-state index in [1.165, 1.54) is 18.7 Å². The summed E-state index contributed by atoms with van der Waals surface area (Å²) < 4.78 is 4.64. The maximum absolute atomic E-state index is 11.9. The molecule has 0 unspecified atom stereocenters. The zero-order valence-electron chi connectivity index (χ0n) is 13.4. The molecular weight excluding hydrogens is 324 g/mol. The lowest BCUT2D eigenvalue weighted by Crippen LogP contribution is -2.20. The van der Waals surface area contributed by atoms with Crippen molar-refractivity contribution in [3.05, 3.63) is 60.0 Å². The standard InChI is InChI=1S/C16H16N6O3/c1-17-16(24)14-13(19-9-20-14)8-18-10-2-4-11(5-3-10)21-15(23)12-6-7-25-22-12/h2-7,9,18H,8H2,1H3,(H,17,24)(H,19,20)(H,21,23). The number of nitrogens with one attached hydrogen (secondary N) is 4. The molecule has 0 bridgehead atoms. The predicted molar refractivity (Wildman–Crippen MR) is 90.2 cm³/mol. The van der Waals surface area contributed by atoms with Crippen LogP contribution in [0.4, 0.5) is 11.4 Å². The highest BCUT2D eigenvalue weighted by molar-refractivity contribution is 6.02. The van der Waals surface area contributed by atoms with E-state index in [0.717, 1.165) is 5.69 Å². The van der Waals surface area contributed by atoms with Crippen molar-refractivity contribution in [2.75, 3.05) is 17.7 Å². The molecule has 2 amide bonds. The molecule has 3 rings (SSSR count). The number of hydrogen-bond acceptors (Lipinski definition) is 6. The molecule has 0 saturated carbocycles. The summed E-state index contributed by atoms with van der Waals surface area (Å²) in [5.41, 5.74) is 2.71. The first-order valence-corrected chi connectivity index (χ1v) is 7.47. The van der Waals surface area contributed by atoms with Gasteiger partial charge in [-0.15, -0.1) is 0 Å². The summed E-state index contributed by atoms with van der Waals surface area (Å²) in [4.78, 5) is 30.5.